The average Bonchev–Trinajstić information content (AvgIpc) is 3.80. The summed E-state index contributed by atoms with van der Waals surface area (Å²) in [6.07, 6.45) is 1.05. The van der Waals surface area contributed by atoms with Crippen LogP contribution in [0.3, 0.4) is 0 Å². The van der Waals surface area contributed by atoms with Crippen LogP contribution in [0.4, 0.5) is 0 Å². The van der Waals surface area contributed by atoms with Crippen molar-refractivity contribution in [2.75, 3.05) is 0 Å². The molecule has 0 aliphatic carbocycles. The van der Waals surface area contributed by atoms with Gasteiger partial charge in [0.15, 0.2) is 0 Å². The Labute approximate surface area is 346 Å². The molecule has 10 aromatic rings. The molecular weight excluding hydrogens is 717 g/mol. The Morgan fingerprint density at radius 1 is 0.441 bits per heavy atom. The Hall–Kier alpha value is -6.84. The summed E-state index contributed by atoms with van der Waals surface area (Å²) in [6, 6.07) is 66.7. The standard InChI is InChI=1S/C56H48N2O/c1-6-56(4,5)42-34-49(39-18-8-7-9-19-39)55(59-37(2)3)50(35-42)40-30-28-38(29-31-40)41-32-43(57-51-24-14-10-20-45(51)46-21-11-15-25-52(46)57)36-44(33-41)58-53-26-16-12-22-47(53)48-23-13-17-27-54(48)58/h7-37H,6H2,1-5H3. The van der Waals surface area contributed by atoms with Crippen LogP contribution in [0.15, 0.2) is 182 Å². The van der Waals surface area contributed by atoms with Crippen molar-refractivity contribution in [3.05, 3.63) is 188 Å². The van der Waals surface area contributed by atoms with Crippen LogP contribution in [0, 0.1) is 0 Å². The smallest absolute Gasteiger partial charge is 0.135 e. The largest absolute Gasteiger partial charge is 0.490 e. The monoisotopic (exact) mass is 764 g/mol. The second-order valence-electron chi connectivity index (χ2n) is 16.7. The fraction of sp³-hybridized carbons (Fsp3) is 0.143. The first-order chi connectivity index (χ1) is 28.8. The van der Waals surface area contributed by atoms with E-state index in [1.807, 2.05) is 0 Å². The van der Waals surface area contributed by atoms with Gasteiger partial charge in [-0.2, -0.15) is 0 Å². The molecule has 0 aliphatic rings. The summed E-state index contributed by atoms with van der Waals surface area (Å²) < 4.78 is 11.6. The molecule has 3 nitrogen and oxygen atoms in total. The molecule has 288 valence electrons. The Kier molecular flexibility index (Phi) is 8.98. The topological polar surface area (TPSA) is 19.1 Å². The molecule has 2 aromatic heterocycles. The van der Waals surface area contributed by atoms with Gasteiger partial charge in [-0.05, 0) is 108 Å². The molecule has 0 aliphatic heterocycles. The number of hydrogen-bond acceptors (Lipinski definition) is 1. The molecule has 0 unspecified atom stereocenters. The van der Waals surface area contributed by atoms with Crippen molar-refractivity contribution < 1.29 is 4.74 Å². The van der Waals surface area contributed by atoms with Gasteiger partial charge in [0.2, 0.25) is 0 Å². The van der Waals surface area contributed by atoms with Gasteiger partial charge >= 0.3 is 0 Å². The highest BCUT2D eigenvalue weighted by molar-refractivity contribution is 6.10. The molecule has 59 heavy (non-hydrogen) atoms. The third-order valence-corrected chi connectivity index (χ3v) is 12.3. The Balaban J connectivity index is 1.20. The lowest BCUT2D eigenvalue weighted by Gasteiger charge is -2.27. The highest BCUT2D eigenvalue weighted by Gasteiger charge is 2.25. The van der Waals surface area contributed by atoms with Gasteiger partial charge in [0.05, 0.1) is 28.2 Å². The third-order valence-electron chi connectivity index (χ3n) is 12.3. The average molecular weight is 765 g/mol. The van der Waals surface area contributed by atoms with Gasteiger partial charge in [0.1, 0.15) is 5.75 Å². The molecule has 3 heteroatoms. The van der Waals surface area contributed by atoms with Gasteiger partial charge in [-0.25, -0.2) is 0 Å². The van der Waals surface area contributed by atoms with Crippen LogP contribution in [0.2, 0.25) is 0 Å². The lowest BCUT2D eigenvalue weighted by atomic mass is 9.79. The molecule has 0 saturated heterocycles. The molecule has 0 atom stereocenters. The lowest BCUT2D eigenvalue weighted by Crippen LogP contribution is -2.16. The second-order valence-corrected chi connectivity index (χ2v) is 16.7. The van der Waals surface area contributed by atoms with Crippen LogP contribution in [-0.4, -0.2) is 15.2 Å². The van der Waals surface area contributed by atoms with E-state index in [1.54, 1.807) is 0 Å². The van der Waals surface area contributed by atoms with Crippen molar-refractivity contribution >= 4 is 43.6 Å². The van der Waals surface area contributed by atoms with E-state index >= 15 is 0 Å². The van der Waals surface area contributed by atoms with Gasteiger partial charge < -0.3 is 13.9 Å². The van der Waals surface area contributed by atoms with Crippen molar-refractivity contribution in [3.63, 3.8) is 0 Å². The summed E-state index contributed by atoms with van der Waals surface area (Å²) in [5, 5.41) is 5.00. The highest BCUT2D eigenvalue weighted by Crippen LogP contribution is 2.45. The van der Waals surface area contributed by atoms with E-state index in [1.165, 1.54) is 49.2 Å². The minimum absolute atomic E-state index is 0.00889. The third kappa shape index (κ3) is 6.29. The predicted octanol–water partition coefficient (Wildman–Crippen LogP) is 15.4. The molecule has 0 bridgehead atoms. The molecule has 0 fully saturated rings. The predicted molar refractivity (Wildman–Crippen MR) is 251 cm³/mol. The van der Waals surface area contributed by atoms with Gasteiger partial charge in [0, 0.05) is 44.0 Å². The fourth-order valence-corrected chi connectivity index (χ4v) is 8.90. The van der Waals surface area contributed by atoms with Crippen LogP contribution < -0.4 is 4.74 Å². The van der Waals surface area contributed by atoms with Crippen LogP contribution >= 0.6 is 0 Å². The van der Waals surface area contributed by atoms with Crippen LogP contribution in [0.25, 0.3) is 88.4 Å². The Morgan fingerprint density at radius 3 is 1.25 bits per heavy atom. The van der Waals surface area contributed by atoms with E-state index < -0.39 is 0 Å². The van der Waals surface area contributed by atoms with Gasteiger partial charge in [-0.1, -0.05) is 148 Å². The van der Waals surface area contributed by atoms with E-state index in [-0.39, 0.29) is 11.5 Å². The highest BCUT2D eigenvalue weighted by atomic mass is 16.5. The zero-order chi connectivity index (χ0) is 40.3. The van der Waals surface area contributed by atoms with E-state index in [0.717, 1.165) is 56.9 Å². The van der Waals surface area contributed by atoms with Crippen molar-refractivity contribution in [2.24, 2.45) is 0 Å². The summed E-state index contributed by atoms with van der Waals surface area (Å²) >= 11 is 0. The molecule has 0 radical (unpaired) electrons. The van der Waals surface area contributed by atoms with Gasteiger partial charge in [0.25, 0.3) is 0 Å². The zero-order valence-electron chi connectivity index (χ0n) is 34.4. The molecule has 10 rings (SSSR count). The second kappa shape index (κ2) is 14.5. The number of rotatable bonds is 9. The quantitative estimate of drug-likeness (QED) is 0.143. The number of ether oxygens (including phenoxy) is 1. The SMILES string of the molecule is CCC(C)(C)c1cc(-c2ccccc2)c(OC(C)C)c(-c2ccc(-c3cc(-n4c5ccccc5c5ccccc54)cc(-n4c5ccccc5c5ccccc54)c3)cc2)c1. The van der Waals surface area contributed by atoms with E-state index in [0.29, 0.717) is 0 Å². The summed E-state index contributed by atoms with van der Waals surface area (Å²) in [7, 11) is 0. The maximum atomic E-state index is 6.75. The van der Waals surface area contributed by atoms with Gasteiger partial charge in [-0.15, -0.1) is 0 Å². The number of nitrogens with zero attached hydrogens (tertiary/aromatic N) is 2. The first-order valence-corrected chi connectivity index (χ1v) is 20.9. The van der Waals surface area contributed by atoms with Crippen LogP contribution in [0.1, 0.15) is 46.6 Å². The Bertz CT molecular complexity index is 2920. The number of fused-ring (bicyclic) bond motifs is 6. The molecule has 0 saturated carbocycles. The first-order valence-electron chi connectivity index (χ1n) is 20.9. The number of aromatic nitrogens is 2. The van der Waals surface area contributed by atoms with Crippen LogP contribution in [-0.2, 0) is 5.41 Å². The lowest BCUT2D eigenvalue weighted by molar-refractivity contribution is 0.244. The van der Waals surface area contributed by atoms with E-state index in [4.69, 9.17) is 4.74 Å². The molecule has 0 N–H and O–H groups in total. The molecule has 8 aromatic carbocycles. The summed E-state index contributed by atoms with van der Waals surface area (Å²) in [6.45, 7) is 11.2. The molecular formula is C56H48N2O. The molecule has 2 heterocycles. The molecule has 0 spiro atoms. The van der Waals surface area contributed by atoms with Crippen molar-refractivity contribution in [3.8, 4) is 50.5 Å². The van der Waals surface area contributed by atoms with Crippen molar-refractivity contribution in [2.45, 2.75) is 52.6 Å². The first kappa shape index (κ1) is 36.5. The van der Waals surface area contributed by atoms with E-state index in [2.05, 4.69) is 226 Å². The number of hydrogen-bond donors (Lipinski definition) is 0. The summed E-state index contributed by atoms with van der Waals surface area (Å²) in [5.41, 5.74) is 15.2. The maximum absolute atomic E-state index is 6.75. The maximum Gasteiger partial charge on any atom is 0.135 e. The van der Waals surface area contributed by atoms with Gasteiger partial charge in [-0.3, -0.25) is 0 Å². The Morgan fingerprint density at radius 2 is 0.831 bits per heavy atom. The zero-order valence-corrected chi connectivity index (χ0v) is 34.4. The summed E-state index contributed by atoms with van der Waals surface area (Å²) in [5.74, 6) is 0.927. The fourth-order valence-electron chi connectivity index (χ4n) is 8.90. The number of para-hydroxylation sites is 4. The molecule has 0 amide bonds. The number of benzene rings is 8. The van der Waals surface area contributed by atoms with Crippen molar-refractivity contribution in [1.29, 1.82) is 0 Å². The van der Waals surface area contributed by atoms with E-state index in [9.17, 15) is 0 Å². The minimum Gasteiger partial charge on any atom is -0.490 e. The summed E-state index contributed by atoms with van der Waals surface area (Å²) in [4.78, 5) is 0. The minimum atomic E-state index is -0.00889. The van der Waals surface area contributed by atoms with Crippen LogP contribution in [0.5, 0.6) is 5.75 Å². The van der Waals surface area contributed by atoms with Crippen molar-refractivity contribution in [1.82, 2.24) is 9.13 Å². The normalized spacial score (nSPS) is 12.0.